The van der Waals surface area contributed by atoms with Gasteiger partial charge in [-0.2, -0.15) is 0 Å². The number of rotatable bonds is 5. The van der Waals surface area contributed by atoms with Crippen LogP contribution in [0.2, 0.25) is 0 Å². The molecule has 2 rings (SSSR count). The van der Waals surface area contributed by atoms with Crippen molar-refractivity contribution in [2.75, 3.05) is 7.11 Å². The number of thioether (sulfide) groups is 1. The molecule has 1 aromatic carbocycles. The zero-order valence-corrected chi connectivity index (χ0v) is 11.5. The molecule has 1 aromatic heterocycles. The first-order valence-electron chi connectivity index (χ1n) is 5.75. The highest BCUT2D eigenvalue weighted by atomic mass is 32.2. The summed E-state index contributed by atoms with van der Waals surface area (Å²) >= 11 is 1.39. The second kappa shape index (κ2) is 6.38. The van der Waals surface area contributed by atoms with E-state index in [9.17, 15) is 9.18 Å². The highest BCUT2D eigenvalue weighted by Crippen LogP contribution is 2.27. The minimum absolute atomic E-state index is 0.326. The van der Waals surface area contributed by atoms with Crippen molar-refractivity contribution in [3.05, 3.63) is 53.5 Å². The third-order valence-corrected chi connectivity index (χ3v) is 3.65. The van der Waals surface area contributed by atoms with Crippen molar-refractivity contribution in [2.45, 2.75) is 10.6 Å². The van der Waals surface area contributed by atoms with Gasteiger partial charge in [-0.3, -0.25) is 0 Å². The lowest BCUT2D eigenvalue weighted by atomic mass is 10.2. The van der Waals surface area contributed by atoms with E-state index in [1.54, 1.807) is 18.3 Å². The summed E-state index contributed by atoms with van der Waals surface area (Å²) in [5.41, 5.74) is 0.564. The number of carbonyl (C=O) groups is 1. The Balaban J connectivity index is 2.15. The Hall–Kier alpha value is -2.08. The van der Waals surface area contributed by atoms with Crippen molar-refractivity contribution in [3.8, 4) is 5.88 Å². The highest BCUT2D eigenvalue weighted by Gasteiger charge is 2.11. The number of hydrogen-bond acceptors (Lipinski definition) is 4. The molecule has 0 atom stereocenters. The van der Waals surface area contributed by atoms with E-state index in [-0.39, 0.29) is 5.56 Å². The van der Waals surface area contributed by atoms with Gasteiger partial charge in [0, 0.05) is 22.4 Å². The summed E-state index contributed by atoms with van der Waals surface area (Å²) in [7, 11) is 1.54. The van der Waals surface area contributed by atoms with Crippen LogP contribution < -0.4 is 4.74 Å². The van der Waals surface area contributed by atoms with Crippen LogP contribution >= 0.6 is 11.8 Å². The molecule has 1 N–H and O–H groups in total. The van der Waals surface area contributed by atoms with E-state index in [1.165, 1.54) is 24.9 Å². The SMILES string of the molecule is COc1ncccc1CSc1ccc(F)c(C(=O)O)c1. The second-order valence-electron chi connectivity index (χ2n) is 3.91. The molecule has 0 aliphatic carbocycles. The van der Waals surface area contributed by atoms with Gasteiger partial charge in [0.25, 0.3) is 0 Å². The monoisotopic (exact) mass is 293 g/mol. The summed E-state index contributed by atoms with van der Waals surface area (Å²) in [6, 6.07) is 7.71. The van der Waals surface area contributed by atoms with E-state index < -0.39 is 11.8 Å². The smallest absolute Gasteiger partial charge is 0.338 e. The van der Waals surface area contributed by atoms with Gasteiger partial charge in [0.2, 0.25) is 5.88 Å². The van der Waals surface area contributed by atoms with Crippen LogP contribution in [0, 0.1) is 5.82 Å². The Kier molecular flexibility index (Phi) is 4.57. The summed E-state index contributed by atoms with van der Waals surface area (Å²) < 4.78 is 18.4. The highest BCUT2D eigenvalue weighted by molar-refractivity contribution is 7.98. The summed E-state index contributed by atoms with van der Waals surface area (Å²) in [5, 5.41) is 8.88. The van der Waals surface area contributed by atoms with Crippen LogP contribution in [0.15, 0.2) is 41.4 Å². The van der Waals surface area contributed by atoms with Gasteiger partial charge in [-0.25, -0.2) is 14.2 Å². The third-order valence-electron chi connectivity index (χ3n) is 2.61. The van der Waals surface area contributed by atoms with E-state index in [4.69, 9.17) is 9.84 Å². The average Bonchev–Trinajstić information content (AvgIpc) is 2.46. The molecule has 104 valence electrons. The Morgan fingerprint density at radius 3 is 2.95 bits per heavy atom. The number of pyridine rings is 1. The molecule has 0 amide bonds. The Morgan fingerprint density at radius 1 is 1.45 bits per heavy atom. The molecule has 2 aromatic rings. The quantitative estimate of drug-likeness (QED) is 0.858. The zero-order valence-electron chi connectivity index (χ0n) is 10.7. The lowest BCUT2D eigenvalue weighted by Gasteiger charge is -2.07. The largest absolute Gasteiger partial charge is 0.481 e. The number of halogens is 1. The Morgan fingerprint density at radius 2 is 2.25 bits per heavy atom. The Labute approximate surface area is 119 Å². The molecule has 0 unspecified atom stereocenters. The molecule has 0 fully saturated rings. The number of benzene rings is 1. The molecule has 0 spiro atoms. The normalized spacial score (nSPS) is 10.3. The number of nitrogens with zero attached hydrogens (tertiary/aromatic N) is 1. The number of aromatic nitrogens is 1. The summed E-state index contributed by atoms with van der Waals surface area (Å²) in [5.74, 6) is -0.924. The molecule has 0 radical (unpaired) electrons. The van der Waals surface area contributed by atoms with Crippen LogP contribution in [0.5, 0.6) is 5.88 Å². The molecule has 0 aliphatic heterocycles. The molecule has 0 saturated heterocycles. The minimum Gasteiger partial charge on any atom is -0.481 e. The van der Waals surface area contributed by atoms with Gasteiger partial charge in [0.1, 0.15) is 5.82 Å². The van der Waals surface area contributed by atoms with E-state index in [0.29, 0.717) is 16.5 Å². The fraction of sp³-hybridized carbons (Fsp3) is 0.143. The van der Waals surface area contributed by atoms with Crippen LogP contribution in [-0.2, 0) is 5.75 Å². The molecule has 0 bridgehead atoms. The van der Waals surface area contributed by atoms with Crippen LogP contribution in [0.1, 0.15) is 15.9 Å². The summed E-state index contributed by atoms with van der Waals surface area (Å²) in [4.78, 5) is 15.6. The van der Waals surface area contributed by atoms with Gasteiger partial charge in [-0.1, -0.05) is 6.07 Å². The molecule has 0 aliphatic rings. The first-order chi connectivity index (χ1) is 9.61. The fourth-order valence-corrected chi connectivity index (χ4v) is 2.54. The lowest BCUT2D eigenvalue weighted by Crippen LogP contribution is -2.00. The molecule has 0 saturated carbocycles. The topological polar surface area (TPSA) is 59.4 Å². The molecule has 6 heteroatoms. The van der Waals surface area contributed by atoms with Crippen LogP contribution in [-0.4, -0.2) is 23.2 Å². The summed E-state index contributed by atoms with van der Waals surface area (Å²) in [6.45, 7) is 0. The van der Waals surface area contributed by atoms with E-state index in [2.05, 4.69) is 4.98 Å². The van der Waals surface area contributed by atoms with Crippen molar-refractivity contribution in [3.63, 3.8) is 0 Å². The van der Waals surface area contributed by atoms with Gasteiger partial charge >= 0.3 is 5.97 Å². The predicted molar refractivity (Wildman–Crippen MR) is 73.7 cm³/mol. The number of ether oxygens (including phenoxy) is 1. The maximum atomic E-state index is 13.3. The number of carboxylic acid groups (broad SMARTS) is 1. The number of hydrogen-bond donors (Lipinski definition) is 1. The van der Waals surface area contributed by atoms with Gasteiger partial charge in [-0.15, -0.1) is 11.8 Å². The average molecular weight is 293 g/mol. The van der Waals surface area contributed by atoms with Crippen LogP contribution in [0.4, 0.5) is 4.39 Å². The first-order valence-corrected chi connectivity index (χ1v) is 6.74. The first kappa shape index (κ1) is 14.3. The number of aromatic carboxylic acids is 1. The number of carboxylic acids is 1. The van der Waals surface area contributed by atoms with Crippen LogP contribution in [0.25, 0.3) is 0 Å². The predicted octanol–water partition coefficient (Wildman–Crippen LogP) is 3.22. The van der Waals surface area contributed by atoms with E-state index in [0.717, 1.165) is 11.6 Å². The maximum Gasteiger partial charge on any atom is 0.338 e. The standard InChI is InChI=1S/C14H12FNO3S/c1-19-13-9(3-2-6-16-13)8-20-10-4-5-12(15)11(7-10)14(17)18/h2-7H,8H2,1H3,(H,17,18). The molecular formula is C14H12FNO3S. The van der Waals surface area contributed by atoms with Gasteiger partial charge in [-0.05, 0) is 24.3 Å². The minimum atomic E-state index is -1.27. The lowest BCUT2D eigenvalue weighted by molar-refractivity contribution is 0.0691. The molecule has 4 nitrogen and oxygen atoms in total. The maximum absolute atomic E-state index is 13.3. The van der Waals surface area contributed by atoms with E-state index in [1.807, 2.05) is 6.07 Å². The van der Waals surface area contributed by atoms with Crippen molar-refractivity contribution in [1.29, 1.82) is 0 Å². The van der Waals surface area contributed by atoms with Crippen molar-refractivity contribution in [1.82, 2.24) is 4.98 Å². The van der Waals surface area contributed by atoms with Crippen molar-refractivity contribution >= 4 is 17.7 Å². The van der Waals surface area contributed by atoms with Gasteiger partial charge in [0.15, 0.2) is 0 Å². The van der Waals surface area contributed by atoms with Gasteiger partial charge in [0.05, 0.1) is 12.7 Å². The van der Waals surface area contributed by atoms with Crippen molar-refractivity contribution < 1.29 is 19.0 Å². The zero-order chi connectivity index (χ0) is 14.5. The van der Waals surface area contributed by atoms with E-state index >= 15 is 0 Å². The second-order valence-corrected chi connectivity index (χ2v) is 4.96. The Bertz CT molecular complexity index is 634. The third kappa shape index (κ3) is 3.27. The molecule has 1 heterocycles. The summed E-state index contributed by atoms with van der Waals surface area (Å²) in [6.07, 6.45) is 1.63. The molecular weight excluding hydrogens is 281 g/mol. The van der Waals surface area contributed by atoms with Gasteiger partial charge < -0.3 is 9.84 Å². The van der Waals surface area contributed by atoms with Crippen LogP contribution in [0.3, 0.4) is 0 Å². The van der Waals surface area contributed by atoms with Crippen molar-refractivity contribution in [2.24, 2.45) is 0 Å². The fourth-order valence-electron chi connectivity index (χ4n) is 1.64. The molecule has 20 heavy (non-hydrogen) atoms. The number of methoxy groups -OCH3 is 1.